The van der Waals surface area contributed by atoms with Gasteiger partial charge in [0.15, 0.2) is 0 Å². The fourth-order valence-corrected chi connectivity index (χ4v) is 2.84. The number of nitriles is 1. The second kappa shape index (κ2) is 8.67. The van der Waals surface area contributed by atoms with E-state index in [0.717, 1.165) is 5.06 Å². The number of anilines is 1. The van der Waals surface area contributed by atoms with E-state index in [2.05, 4.69) is 10.4 Å². The zero-order valence-electron chi connectivity index (χ0n) is 13.9. The first-order valence-electron chi connectivity index (χ1n) is 7.31. The Bertz CT molecular complexity index is 914. The van der Waals surface area contributed by atoms with Crippen molar-refractivity contribution < 1.29 is 22.2 Å². The molecule has 0 heterocycles. The number of nitrogens with zero attached hydrogens (tertiary/aromatic N) is 2. The number of thiol groups is 1. The number of carbonyl (C=O) groups excluding carboxylic acids is 1. The first kappa shape index (κ1) is 19.7. The molecule has 0 radical (unpaired) electrons. The topological polar surface area (TPSA) is 96.7 Å². The summed E-state index contributed by atoms with van der Waals surface area (Å²) in [6, 6.07) is 13.5. The van der Waals surface area contributed by atoms with Crippen LogP contribution in [0.4, 0.5) is 5.69 Å². The van der Waals surface area contributed by atoms with E-state index >= 15 is 0 Å². The van der Waals surface area contributed by atoms with Crippen LogP contribution < -0.4 is 5.06 Å². The molecule has 1 atom stereocenters. The molecular weight excluding hydrogens is 380 g/mol. The summed E-state index contributed by atoms with van der Waals surface area (Å²) in [5.74, 6) is -1.33. The summed E-state index contributed by atoms with van der Waals surface area (Å²) < 4.78 is 30.9. The average molecular weight is 395 g/mol. The van der Waals surface area contributed by atoms with Crippen LogP contribution in [-0.2, 0) is 20.0 Å². The van der Waals surface area contributed by atoms with Crippen LogP contribution >= 0.6 is 11.6 Å². The first-order valence-corrected chi connectivity index (χ1v) is 8.78. The van der Waals surface area contributed by atoms with Gasteiger partial charge in [0.1, 0.15) is 0 Å². The Morgan fingerprint density at radius 2 is 1.81 bits per heavy atom. The van der Waals surface area contributed by atoms with Crippen LogP contribution in [0.25, 0.3) is 0 Å². The molecule has 2 aromatic rings. The minimum atomic E-state index is -3.15. The third kappa shape index (κ3) is 4.52. The molecular formula is C17H15ClN2O5S. The maximum Gasteiger partial charge on any atom is 0.340 e. The minimum Gasteiger partial charge on any atom is -0.465 e. The molecule has 2 aromatic carbocycles. The molecule has 0 aliphatic carbocycles. The van der Waals surface area contributed by atoms with Crippen LogP contribution in [0.1, 0.15) is 27.4 Å². The maximum atomic E-state index is 12.1. The lowest BCUT2D eigenvalue weighted by Gasteiger charge is -2.19. The number of hydrogen-bond donors (Lipinski definition) is 1. The Labute approximate surface area is 157 Å². The molecule has 1 unspecified atom stereocenters. The van der Waals surface area contributed by atoms with Crippen LogP contribution in [0.3, 0.4) is 0 Å². The molecule has 0 spiro atoms. The quantitative estimate of drug-likeness (QED) is 0.457. The summed E-state index contributed by atoms with van der Waals surface area (Å²) in [6.45, 7) is 0. The summed E-state index contributed by atoms with van der Waals surface area (Å²) in [4.78, 5) is 12.1. The van der Waals surface area contributed by atoms with E-state index in [9.17, 15) is 18.5 Å². The zero-order chi connectivity index (χ0) is 19.3. The molecule has 0 saturated carbocycles. The van der Waals surface area contributed by atoms with Crippen molar-refractivity contribution in [2.75, 3.05) is 19.2 Å². The first-order chi connectivity index (χ1) is 12.4. The van der Waals surface area contributed by atoms with Crippen molar-refractivity contribution in [2.24, 2.45) is 0 Å². The van der Waals surface area contributed by atoms with Crippen LogP contribution in [-0.4, -0.2) is 28.5 Å². The van der Waals surface area contributed by atoms with Gasteiger partial charge in [0.05, 0.1) is 30.3 Å². The Morgan fingerprint density at radius 3 is 2.35 bits per heavy atom. The molecule has 136 valence electrons. The van der Waals surface area contributed by atoms with Crippen molar-refractivity contribution in [2.45, 2.75) is 5.92 Å². The summed E-state index contributed by atoms with van der Waals surface area (Å²) in [5, 5.41) is 11.1. The number of hydrogen-bond acceptors (Lipinski definition) is 7. The van der Waals surface area contributed by atoms with Gasteiger partial charge in [-0.25, -0.2) is 18.3 Å². The predicted octanol–water partition coefficient (Wildman–Crippen LogP) is 2.68. The van der Waals surface area contributed by atoms with Gasteiger partial charge in [0.25, 0.3) is 11.0 Å². The van der Waals surface area contributed by atoms with E-state index in [0.29, 0.717) is 16.1 Å². The summed E-state index contributed by atoms with van der Waals surface area (Å²) in [7, 11) is -0.609. The molecule has 0 fully saturated rings. The second-order valence-corrected chi connectivity index (χ2v) is 6.23. The largest absolute Gasteiger partial charge is 0.465 e. The van der Waals surface area contributed by atoms with Crippen LogP contribution in [0, 0.1) is 11.3 Å². The van der Waals surface area contributed by atoms with E-state index in [-0.39, 0.29) is 11.3 Å². The maximum absolute atomic E-state index is 12.1. The second-order valence-electron chi connectivity index (χ2n) is 5.18. The molecule has 0 saturated heterocycles. The molecule has 7 nitrogen and oxygen atoms in total. The van der Waals surface area contributed by atoms with Gasteiger partial charge in [-0.15, -0.1) is 0 Å². The highest BCUT2D eigenvalue weighted by atomic mass is 35.5. The molecule has 0 aromatic heterocycles. The number of methoxy groups -OCH3 is 1. The van der Waals surface area contributed by atoms with Crippen LogP contribution in [0.5, 0.6) is 0 Å². The van der Waals surface area contributed by atoms with Crippen molar-refractivity contribution in [3.8, 4) is 6.07 Å². The smallest absolute Gasteiger partial charge is 0.340 e. The SMILES string of the molecule is COC(=O)c1cc(C(C#N)c2ccc(Cl)cc2)ccc1N(C)O[SH](=O)=O. The number of halogens is 1. The predicted molar refractivity (Wildman–Crippen MR) is 96.5 cm³/mol. The zero-order valence-corrected chi connectivity index (χ0v) is 15.5. The fraction of sp³-hybridized carbons (Fsp3) is 0.176. The lowest BCUT2D eigenvalue weighted by molar-refractivity contribution is 0.0600. The molecule has 0 aliphatic heterocycles. The molecule has 0 aliphatic rings. The van der Waals surface area contributed by atoms with Crippen LogP contribution in [0.15, 0.2) is 42.5 Å². The molecule has 0 N–H and O–H groups in total. The Kier molecular flexibility index (Phi) is 6.58. The normalized spacial score (nSPS) is 11.7. The highest BCUT2D eigenvalue weighted by Gasteiger charge is 2.21. The number of hydroxylamine groups is 1. The molecule has 0 bridgehead atoms. The van der Waals surface area contributed by atoms with Crippen molar-refractivity contribution in [3.63, 3.8) is 0 Å². The van der Waals surface area contributed by atoms with E-state index in [4.69, 9.17) is 16.3 Å². The van der Waals surface area contributed by atoms with Gasteiger partial charge in [-0.1, -0.05) is 29.8 Å². The monoisotopic (exact) mass is 394 g/mol. The van der Waals surface area contributed by atoms with Gasteiger partial charge >= 0.3 is 5.97 Å². The van der Waals surface area contributed by atoms with E-state index in [1.165, 1.54) is 26.3 Å². The standard InChI is InChI=1S/C17H15ClN2O5S/c1-20(25-26(22)23)16-8-5-12(9-14(16)17(21)24-2)15(10-19)11-3-6-13(18)7-4-11/h3-9,15,26H,1-2H3. The number of rotatable bonds is 6. The van der Waals surface area contributed by atoms with Crippen LogP contribution in [0.2, 0.25) is 5.02 Å². The van der Waals surface area contributed by atoms with Gasteiger partial charge in [-0.2, -0.15) is 9.55 Å². The summed E-state index contributed by atoms with van der Waals surface area (Å²) in [6.07, 6.45) is 0. The van der Waals surface area contributed by atoms with Crippen molar-refractivity contribution in [1.29, 1.82) is 5.26 Å². The van der Waals surface area contributed by atoms with E-state index < -0.39 is 22.9 Å². The Morgan fingerprint density at radius 1 is 1.19 bits per heavy atom. The van der Waals surface area contributed by atoms with Gasteiger partial charge in [-0.3, -0.25) is 0 Å². The highest BCUT2D eigenvalue weighted by Crippen LogP contribution is 2.30. The van der Waals surface area contributed by atoms with Crippen molar-refractivity contribution in [1.82, 2.24) is 0 Å². The Balaban J connectivity index is 2.51. The molecule has 0 amide bonds. The number of benzene rings is 2. The summed E-state index contributed by atoms with van der Waals surface area (Å²) >= 11 is 5.88. The fourth-order valence-electron chi connectivity index (χ4n) is 2.42. The van der Waals surface area contributed by atoms with Gasteiger partial charge in [-0.05, 0) is 35.4 Å². The number of carbonyl (C=O) groups is 1. The van der Waals surface area contributed by atoms with Crippen molar-refractivity contribution >= 4 is 34.2 Å². The highest BCUT2D eigenvalue weighted by molar-refractivity contribution is 7.67. The van der Waals surface area contributed by atoms with E-state index in [1.807, 2.05) is 0 Å². The Hall–Kier alpha value is -2.60. The molecule has 26 heavy (non-hydrogen) atoms. The molecule has 2 rings (SSSR count). The van der Waals surface area contributed by atoms with Gasteiger partial charge in [0, 0.05) is 12.1 Å². The lowest BCUT2D eigenvalue weighted by atomic mass is 9.91. The van der Waals surface area contributed by atoms with Crippen molar-refractivity contribution in [3.05, 3.63) is 64.2 Å². The lowest BCUT2D eigenvalue weighted by Crippen LogP contribution is -2.20. The third-order valence-corrected chi connectivity index (χ3v) is 4.25. The average Bonchev–Trinajstić information content (AvgIpc) is 2.62. The number of ether oxygens (including phenoxy) is 1. The van der Waals surface area contributed by atoms with Gasteiger partial charge in [0.2, 0.25) is 0 Å². The summed E-state index contributed by atoms with van der Waals surface area (Å²) in [5.41, 5.74) is 1.50. The van der Waals surface area contributed by atoms with Gasteiger partial charge < -0.3 is 4.74 Å². The molecule has 9 heteroatoms. The minimum absolute atomic E-state index is 0.0681. The third-order valence-electron chi connectivity index (χ3n) is 3.62. The number of esters is 1. The van der Waals surface area contributed by atoms with E-state index in [1.54, 1.807) is 30.3 Å².